The summed E-state index contributed by atoms with van der Waals surface area (Å²) in [7, 11) is 1.81. The van der Waals surface area contributed by atoms with Crippen molar-refractivity contribution in [3.8, 4) is 0 Å². The highest BCUT2D eigenvalue weighted by Gasteiger charge is 2.37. The first-order valence-electron chi connectivity index (χ1n) is 8.63. The molecule has 1 atom stereocenters. The third kappa shape index (κ3) is 3.63. The maximum atomic E-state index is 12.8. The van der Waals surface area contributed by atoms with Gasteiger partial charge in [-0.25, -0.2) is 4.98 Å². The standard InChI is InChI=1S/C17H26N4O2/c1-18-15-12-19-11-13(20-15)14-6-5-9-21(14)16(22)10-17(23)7-3-2-4-8-17/h11-12,14,23H,2-10H2,1H3,(H,18,20)/t14-/m0/s1. The Bertz CT molecular complexity index is 557. The van der Waals surface area contributed by atoms with E-state index >= 15 is 0 Å². The monoisotopic (exact) mass is 318 g/mol. The lowest BCUT2D eigenvalue weighted by atomic mass is 9.82. The van der Waals surface area contributed by atoms with Crippen molar-refractivity contribution < 1.29 is 9.90 Å². The van der Waals surface area contributed by atoms with Crippen molar-refractivity contribution in [1.82, 2.24) is 14.9 Å². The van der Waals surface area contributed by atoms with Crippen LogP contribution >= 0.6 is 0 Å². The molecule has 2 aliphatic rings. The Balaban J connectivity index is 1.71. The number of rotatable bonds is 4. The average molecular weight is 318 g/mol. The van der Waals surface area contributed by atoms with Gasteiger partial charge in [-0.1, -0.05) is 19.3 Å². The highest BCUT2D eigenvalue weighted by atomic mass is 16.3. The SMILES string of the molecule is CNc1cncc([C@@H]2CCCN2C(=O)CC2(O)CCCCC2)n1. The smallest absolute Gasteiger partial charge is 0.226 e. The summed E-state index contributed by atoms with van der Waals surface area (Å²) in [6.45, 7) is 0.741. The molecule has 2 N–H and O–H groups in total. The highest BCUT2D eigenvalue weighted by Crippen LogP contribution is 2.35. The molecule has 1 amide bonds. The molecule has 2 fully saturated rings. The van der Waals surface area contributed by atoms with Crippen LogP contribution < -0.4 is 5.32 Å². The second kappa shape index (κ2) is 6.83. The van der Waals surface area contributed by atoms with E-state index in [-0.39, 0.29) is 18.4 Å². The predicted molar refractivity (Wildman–Crippen MR) is 87.9 cm³/mol. The van der Waals surface area contributed by atoms with Crippen molar-refractivity contribution in [3.05, 3.63) is 18.1 Å². The van der Waals surface area contributed by atoms with Crippen LogP contribution in [-0.4, -0.2) is 45.1 Å². The molecule has 1 saturated carbocycles. The Labute approximate surface area is 137 Å². The minimum atomic E-state index is -0.805. The zero-order valence-corrected chi connectivity index (χ0v) is 13.8. The van der Waals surface area contributed by atoms with Crippen LogP contribution in [0.2, 0.25) is 0 Å². The summed E-state index contributed by atoms with van der Waals surface area (Å²) in [6, 6.07) is -0.0181. The first kappa shape index (κ1) is 16.2. The molecule has 6 heteroatoms. The van der Waals surface area contributed by atoms with Gasteiger partial charge in [0.1, 0.15) is 5.82 Å². The number of amides is 1. The minimum Gasteiger partial charge on any atom is -0.389 e. The zero-order chi connectivity index (χ0) is 16.3. The van der Waals surface area contributed by atoms with E-state index < -0.39 is 5.60 Å². The van der Waals surface area contributed by atoms with Crippen molar-refractivity contribution >= 4 is 11.7 Å². The maximum Gasteiger partial charge on any atom is 0.226 e. The third-order valence-corrected chi connectivity index (χ3v) is 5.09. The van der Waals surface area contributed by atoms with E-state index in [4.69, 9.17) is 0 Å². The molecular formula is C17H26N4O2. The molecular weight excluding hydrogens is 292 g/mol. The van der Waals surface area contributed by atoms with E-state index in [2.05, 4.69) is 15.3 Å². The third-order valence-electron chi connectivity index (χ3n) is 5.09. The Morgan fingerprint density at radius 3 is 2.87 bits per heavy atom. The predicted octanol–water partition coefficient (Wildman–Crippen LogP) is 2.27. The van der Waals surface area contributed by atoms with E-state index in [1.54, 1.807) is 12.4 Å². The van der Waals surface area contributed by atoms with Gasteiger partial charge < -0.3 is 15.3 Å². The van der Waals surface area contributed by atoms with Crippen LogP contribution in [0.25, 0.3) is 0 Å². The topological polar surface area (TPSA) is 78.4 Å². The van der Waals surface area contributed by atoms with E-state index in [9.17, 15) is 9.90 Å². The molecule has 0 spiro atoms. The van der Waals surface area contributed by atoms with Crippen molar-refractivity contribution in [2.75, 3.05) is 18.9 Å². The number of likely N-dealkylation sites (tertiary alicyclic amines) is 1. The van der Waals surface area contributed by atoms with Gasteiger partial charge in [0.2, 0.25) is 5.91 Å². The number of carbonyl (C=O) groups excluding carboxylic acids is 1. The fraction of sp³-hybridized carbons (Fsp3) is 0.706. The molecule has 1 saturated heterocycles. The lowest BCUT2D eigenvalue weighted by molar-refractivity contribution is -0.138. The number of aromatic nitrogens is 2. The highest BCUT2D eigenvalue weighted by molar-refractivity contribution is 5.78. The molecule has 1 aliphatic carbocycles. The lowest BCUT2D eigenvalue weighted by Crippen LogP contribution is -2.40. The number of nitrogens with one attached hydrogen (secondary N) is 1. The van der Waals surface area contributed by atoms with Crippen molar-refractivity contribution in [2.24, 2.45) is 0 Å². The van der Waals surface area contributed by atoms with Crippen LogP contribution in [0.15, 0.2) is 12.4 Å². The molecule has 6 nitrogen and oxygen atoms in total. The van der Waals surface area contributed by atoms with Crippen LogP contribution in [0, 0.1) is 0 Å². The van der Waals surface area contributed by atoms with Crippen LogP contribution in [-0.2, 0) is 4.79 Å². The summed E-state index contributed by atoms with van der Waals surface area (Å²) >= 11 is 0. The minimum absolute atomic E-state index is 0.0181. The maximum absolute atomic E-state index is 12.8. The number of carbonyl (C=O) groups is 1. The second-order valence-corrected chi connectivity index (χ2v) is 6.79. The molecule has 1 aliphatic heterocycles. The van der Waals surface area contributed by atoms with Gasteiger partial charge in [0.05, 0.1) is 36.2 Å². The molecule has 1 aromatic rings. The van der Waals surface area contributed by atoms with Gasteiger partial charge in [0.15, 0.2) is 0 Å². The Kier molecular flexibility index (Phi) is 4.80. The van der Waals surface area contributed by atoms with Gasteiger partial charge in [-0.2, -0.15) is 0 Å². The first-order valence-corrected chi connectivity index (χ1v) is 8.63. The quantitative estimate of drug-likeness (QED) is 0.890. The van der Waals surface area contributed by atoms with Gasteiger partial charge >= 0.3 is 0 Å². The van der Waals surface area contributed by atoms with Gasteiger partial charge in [-0.15, -0.1) is 0 Å². The normalized spacial score (nSPS) is 23.7. The van der Waals surface area contributed by atoms with E-state index in [1.807, 2.05) is 11.9 Å². The van der Waals surface area contributed by atoms with Crippen LogP contribution in [0.4, 0.5) is 5.82 Å². The molecule has 2 heterocycles. The number of nitrogens with zero attached hydrogens (tertiary/aromatic N) is 3. The van der Waals surface area contributed by atoms with Gasteiger partial charge in [0.25, 0.3) is 0 Å². The molecule has 0 radical (unpaired) electrons. The fourth-order valence-corrected chi connectivity index (χ4v) is 3.80. The van der Waals surface area contributed by atoms with Crippen molar-refractivity contribution in [2.45, 2.75) is 63.0 Å². The summed E-state index contributed by atoms with van der Waals surface area (Å²) < 4.78 is 0. The molecule has 126 valence electrons. The van der Waals surface area contributed by atoms with Gasteiger partial charge in [0, 0.05) is 13.6 Å². The second-order valence-electron chi connectivity index (χ2n) is 6.79. The summed E-state index contributed by atoms with van der Waals surface area (Å²) in [5, 5.41) is 13.6. The number of aliphatic hydroxyl groups is 1. The Morgan fingerprint density at radius 2 is 2.13 bits per heavy atom. The summed E-state index contributed by atoms with van der Waals surface area (Å²) in [4.78, 5) is 23.4. The lowest BCUT2D eigenvalue weighted by Gasteiger charge is -2.34. The van der Waals surface area contributed by atoms with Crippen LogP contribution in [0.3, 0.4) is 0 Å². The largest absolute Gasteiger partial charge is 0.389 e. The average Bonchev–Trinajstić information content (AvgIpc) is 3.05. The Hall–Kier alpha value is -1.69. The molecule has 1 aromatic heterocycles. The van der Waals surface area contributed by atoms with Gasteiger partial charge in [-0.05, 0) is 25.7 Å². The number of hydrogen-bond acceptors (Lipinski definition) is 5. The van der Waals surface area contributed by atoms with Crippen molar-refractivity contribution in [1.29, 1.82) is 0 Å². The van der Waals surface area contributed by atoms with Crippen LogP contribution in [0.1, 0.15) is 63.1 Å². The molecule has 0 aromatic carbocycles. The number of anilines is 1. The number of hydrogen-bond donors (Lipinski definition) is 2. The molecule has 23 heavy (non-hydrogen) atoms. The summed E-state index contributed by atoms with van der Waals surface area (Å²) in [6.07, 6.45) is 10.2. The van der Waals surface area contributed by atoms with E-state index in [0.717, 1.165) is 57.2 Å². The molecule has 0 unspecified atom stereocenters. The zero-order valence-electron chi connectivity index (χ0n) is 13.8. The molecule has 0 bridgehead atoms. The summed E-state index contributed by atoms with van der Waals surface area (Å²) in [5.41, 5.74) is 0.0272. The molecule has 3 rings (SSSR count). The van der Waals surface area contributed by atoms with Crippen LogP contribution in [0.5, 0.6) is 0 Å². The van der Waals surface area contributed by atoms with E-state index in [0.29, 0.717) is 5.82 Å². The van der Waals surface area contributed by atoms with E-state index in [1.165, 1.54) is 0 Å². The first-order chi connectivity index (χ1) is 11.1. The Morgan fingerprint density at radius 1 is 1.35 bits per heavy atom. The van der Waals surface area contributed by atoms with Crippen molar-refractivity contribution in [3.63, 3.8) is 0 Å². The fourth-order valence-electron chi connectivity index (χ4n) is 3.80. The summed E-state index contributed by atoms with van der Waals surface area (Å²) in [5.74, 6) is 0.765. The van der Waals surface area contributed by atoms with Gasteiger partial charge in [-0.3, -0.25) is 9.78 Å².